The molecule has 130 valence electrons. The molecule has 1 heterocycles. The van der Waals surface area contributed by atoms with E-state index in [1.807, 2.05) is 96.2 Å². The standard InChI is InChI=1S/C15H12N2O.3C2H6/c18-14-10-16-15(11-6-2-1-3-7-11)12-8-4-5-9-13(12)17-14;3*1-2/h1-10,12,15H;3*1-2H3. The van der Waals surface area contributed by atoms with E-state index < -0.39 is 0 Å². The molecule has 3 nitrogen and oxygen atoms in total. The minimum Gasteiger partial charge on any atom is -0.278 e. The van der Waals surface area contributed by atoms with Gasteiger partial charge in [0, 0.05) is 5.92 Å². The summed E-state index contributed by atoms with van der Waals surface area (Å²) in [6, 6.07) is 9.93. The lowest BCUT2D eigenvalue weighted by atomic mass is 9.87. The van der Waals surface area contributed by atoms with E-state index in [1.54, 1.807) is 0 Å². The Morgan fingerprint density at radius 3 is 2.12 bits per heavy atom. The third kappa shape index (κ3) is 6.07. The zero-order chi connectivity index (χ0) is 18.4. The van der Waals surface area contributed by atoms with Crippen LogP contribution in [-0.2, 0) is 4.79 Å². The third-order valence-electron chi connectivity index (χ3n) is 3.10. The number of benzene rings is 1. The number of fused-ring (bicyclic) bond motifs is 1. The molecule has 0 saturated heterocycles. The van der Waals surface area contributed by atoms with Crippen molar-refractivity contribution in [3.63, 3.8) is 0 Å². The Hall–Kier alpha value is -2.29. The minimum atomic E-state index is -0.284. The number of aliphatic imine (C=N–C) groups is 2. The largest absolute Gasteiger partial charge is 0.287 e. The van der Waals surface area contributed by atoms with Gasteiger partial charge < -0.3 is 0 Å². The third-order valence-corrected chi connectivity index (χ3v) is 3.10. The van der Waals surface area contributed by atoms with E-state index in [-0.39, 0.29) is 17.9 Å². The fourth-order valence-electron chi connectivity index (χ4n) is 2.26. The van der Waals surface area contributed by atoms with Crippen molar-refractivity contribution < 1.29 is 4.79 Å². The molecule has 1 aliphatic heterocycles. The zero-order valence-electron chi connectivity index (χ0n) is 15.7. The van der Waals surface area contributed by atoms with E-state index in [0.717, 1.165) is 11.3 Å². The van der Waals surface area contributed by atoms with Crippen LogP contribution in [0.3, 0.4) is 0 Å². The number of amides is 1. The van der Waals surface area contributed by atoms with Gasteiger partial charge in [0.25, 0.3) is 5.91 Å². The fourth-order valence-corrected chi connectivity index (χ4v) is 2.26. The fraction of sp³-hybridized carbons (Fsp3) is 0.381. The highest BCUT2D eigenvalue weighted by Gasteiger charge is 2.27. The van der Waals surface area contributed by atoms with Crippen LogP contribution in [0.2, 0.25) is 0 Å². The number of allylic oxidation sites excluding steroid dienone is 3. The molecule has 24 heavy (non-hydrogen) atoms. The van der Waals surface area contributed by atoms with E-state index in [4.69, 9.17) is 0 Å². The summed E-state index contributed by atoms with van der Waals surface area (Å²) in [6.45, 7) is 12.0. The van der Waals surface area contributed by atoms with Gasteiger partial charge in [-0.2, -0.15) is 0 Å². The Balaban J connectivity index is 0.000000798. The molecule has 2 aliphatic rings. The van der Waals surface area contributed by atoms with Gasteiger partial charge in [0.05, 0.1) is 18.0 Å². The van der Waals surface area contributed by atoms with Crippen LogP contribution >= 0.6 is 0 Å². The van der Waals surface area contributed by atoms with Crippen LogP contribution in [0.15, 0.2) is 64.6 Å². The Bertz CT molecular complexity index is 583. The second-order valence-electron chi connectivity index (χ2n) is 4.28. The molecule has 3 heteroatoms. The van der Waals surface area contributed by atoms with Crippen LogP contribution < -0.4 is 0 Å². The van der Waals surface area contributed by atoms with E-state index in [1.165, 1.54) is 6.21 Å². The molecule has 1 aromatic rings. The highest BCUT2D eigenvalue weighted by Crippen LogP contribution is 2.31. The molecule has 0 fully saturated rings. The summed E-state index contributed by atoms with van der Waals surface area (Å²) >= 11 is 0. The average Bonchev–Trinajstić information content (AvgIpc) is 2.85. The van der Waals surface area contributed by atoms with Gasteiger partial charge in [0.2, 0.25) is 0 Å². The summed E-state index contributed by atoms with van der Waals surface area (Å²) in [5, 5.41) is 0. The van der Waals surface area contributed by atoms with Crippen LogP contribution in [0, 0.1) is 5.92 Å². The first-order chi connectivity index (χ1) is 11.8. The molecular weight excluding hydrogens is 296 g/mol. The molecule has 1 amide bonds. The molecule has 2 unspecified atom stereocenters. The summed E-state index contributed by atoms with van der Waals surface area (Å²) in [6.07, 6.45) is 9.13. The number of carbonyl (C=O) groups is 1. The maximum Gasteiger partial charge on any atom is 0.287 e. The number of nitrogens with zero attached hydrogens (tertiary/aromatic N) is 2. The Morgan fingerprint density at radius 1 is 0.875 bits per heavy atom. The van der Waals surface area contributed by atoms with E-state index in [0.29, 0.717) is 0 Å². The number of hydrogen-bond acceptors (Lipinski definition) is 2. The van der Waals surface area contributed by atoms with Crippen LogP contribution in [0.1, 0.15) is 53.1 Å². The minimum absolute atomic E-state index is 0.0418. The van der Waals surface area contributed by atoms with Crippen LogP contribution in [0.5, 0.6) is 0 Å². The normalized spacial score (nSPS) is 19.9. The van der Waals surface area contributed by atoms with Gasteiger partial charge in [-0.25, -0.2) is 4.99 Å². The molecular formula is C21H30N2O. The SMILES string of the molecule is CC.CC.CC.O=C1C=NC(c2ccccc2)C2C=CC=CC2=N1. The van der Waals surface area contributed by atoms with Gasteiger partial charge in [0.15, 0.2) is 0 Å². The molecule has 0 radical (unpaired) electrons. The second kappa shape index (κ2) is 13.2. The molecule has 2 atom stereocenters. The summed E-state index contributed by atoms with van der Waals surface area (Å²) in [5.74, 6) is -0.242. The molecule has 1 aliphatic carbocycles. The van der Waals surface area contributed by atoms with E-state index in [9.17, 15) is 4.79 Å². The average molecular weight is 326 g/mol. The van der Waals surface area contributed by atoms with E-state index >= 15 is 0 Å². The topological polar surface area (TPSA) is 41.8 Å². The van der Waals surface area contributed by atoms with Gasteiger partial charge in [0.1, 0.15) is 0 Å². The molecule has 0 bridgehead atoms. The summed E-state index contributed by atoms with van der Waals surface area (Å²) < 4.78 is 0. The Kier molecular flexibility index (Phi) is 11.9. The van der Waals surface area contributed by atoms with Gasteiger partial charge in [-0.3, -0.25) is 9.79 Å². The Morgan fingerprint density at radius 2 is 1.50 bits per heavy atom. The van der Waals surface area contributed by atoms with Crippen molar-refractivity contribution in [3.8, 4) is 0 Å². The molecule has 0 spiro atoms. The first-order valence-corrected chi connectivity index (χ1v) is 8.90. The monoisotopic (exact) mass is 326 g/mol. The first-order valence-electron chi connectivity index (χ1n) is 8.90. The van der Waals surface area contributed by atoms with Crippen molar-refractivity contribution in [3.05, 3.63) is 60.2 Å². The predicted octanol–water partition coefficient (Wildman–Crippen LogP) is 5.60. The first kappa shape index (κ1) is 21.7. The molecule has 0 N–H and O–H groups in total. The predicted molar refractivity (Wildman–Crippen MR) is 106 cm³/mol. The molecule has 3 rings (SSSR count). The van der Waals surface area contributed by atoms with Crippen LogP contribution in [-0.4, -0.2) is 17.8 Å². The molecule has 0 aromatic heterocycles. The Labute approximate surface area is 146 Å². The van der Waals surface area contributed by atoms with Crippen LogP contribution in [0.25, 0.3) is 0 Å². The summed E-state index contributed by atoms with van der Waals surface area (Å²) in [4.78, 5) is 20.0. The highest BCUT2D eigenvalue weighted by atomic mass is 16.1. The number of rotatable bonds is 1. The van der Waals surface area contributed by atoms with Crippen molar-refractivity contribution in [2.24, 2.45) is 15.9 Å². The lowest BCUT2D eigenvalue weighted by Crippen LogP contribution is -2.19. The second-order valence-corrected chi connectivity index (χ2v) is 4.28. The highest BCUT2D eigenvalue weighted by molar-refractivity contribution is 6.30. The lowest BCUT2D eigenvalue weighted by molar-refractivity contribution is -0.111. The smallest absolute Gasteiger partial charge is 0.278 e. The molecule has 1 aromatic carbocycles. The maximum atomic E-state index is 11.5. The zero-order valence-corrected chi connectivity index (χ0v) is 15.7. The van der Waals surface area contributed by atoms with Gasteiger partial charge in [-0.15, -0.1) is 0 Å². The lowest BCUT2D eigenvalue weighted by Gasteiger charge is -2.21. The summed E-state index contributed by atoms with van der Waals surface area (Å²) in [5.41, 5.74) is 1.88. The molecule has 0 saturated carbocycles. The van der Waals surface area contributed by atoms with Crippen LogP contribution in [0.4, 0.5) is 0 Å². The van der Waals surface area contributed by atoms with E-state index in [2.05, 4.69) is 9.98 Å². The van der Waals surface area contributed by atoms with Gasteiger partial charge in [-0.05, 0) is 11.6 Å². The summed E-state index contributed by atoms with van der Waals surface area (Å²) in [7, 11) is 0. The van der Waals surface area contributed by atoms with Crippen molar-refractivity contribution in [2.45, 2.75) is 47.6 Å². The van der Waals surface area contributed by atoms with Gasteiger partial charge in [-0.1, -0.05) is 90.1 Å². The maximum absolute atomic E-state index is 11.5. The van der Waals surface area contributed by atoms with Crippen molar-refractivity contribution >= 4 is 17.8 Å². The quantitative estimate of drug-likeness (QED) is 0.662. The van der Waals surface area contributed by atoms with Crippen molar-refractivity contribution in [2.75, 3.05) is 0 Å². The van der Waals surface area contributed by atoms with Crippen molar-refractivity contribution in [1.29, 1.82) is 0 Å². The van der Waals surface area contributed by atoms with Gasteiger partial charge >= 0.3 is 0 Å². The number of carbonyl (C=O) groups excluding carboxylic acids is 1. The van der Waals surface area contributed by atoms with Crippen molar-refractivity contribution in [1.82, 2.24) is 0 Å². The number of hydrogen-bond donors (Lipinski definition) is 0.